The fourth-order valence-electron chi connectivity index (χ4n) is 2.97. The molecule has 0 fully saturated rings. The molecule has 0 spiro atoms. The summed E-state index contributed by atoms with van der Waals surface area (Å²) in [6, 6.07) is 6.66. The predicted molar refractivity (Wildman–Crippen MR) is 110 cm³/mol. The summed E-state index contributed by atoms with van der Waals surface area (Å²) in [4.78, 5) is 33.1. The Morgan fingerprint density at radius 1 is 1.13 bits per heavy atom. The van der Waals surface area contributed by atoms with Gasteiger partial charge in [-0.05, 0) is 31.5 Å². The third kappa shape index (κ3) is 4.67. The van der Waals surface area contributed by atoms with Crippen LogP contribution in [0.2, 0.25) is 5.02 Å². The van der Waals surface area contributed by atoms with E-state index in [4.69, 9.17) is 11.6 Å². The van der Waals surface area contributed by atoms with Crippen molar-refractivity contribution < 1.29 is 19.0 Å². The molecule has 1 N–H and O–H groups in total. The fourth-order valence-corrected chi connectivity index (χ4v) is 3.19. The molecule has 31 heavy (non-hydrogen) atoms. The third-order valence-electron chi connectivity index (χ3n) is 4.54. The molecule has 1 heterocycles. The van der Waals surface area contributed by atoms with Crippen molar-refractivity contribution in [3.8, 4) is 0 Å². The first-order valence-corrected chi connectivity index (χ1v) is 9.17. The Hall–Kier alpha value is -3.86. The highest BCUT2D eigenvalue weighted by molar-refractivity contribution is 6.31. The number of non-ortho nitro benzene ring substituents is 2. The standard InChI is InChI=1S/C19H15ClFN5O5/c1-10-18(11(2)24(23-10)9-12-3-4-14(21)7-17(12)20)22-19(27)13-5-15(25(28)29)8-16(6-13)26(30)31/h3-8H,9H2,1-2H3,(H,22,27). The Morgan fingerprint density at radius 2 is 1.74 bits per heavy atom. The minimum atomic E-state index is -0.815. The van der Waals surface area contributed by atoms with Gasteiger partial charge in [0.2, 0.25) is 0 Å². The highest BCUT2D eigenvalue weighted by atomic mass is 35.5. The molecule has 0 aliphatic heterocycles. The zero-order valence-corrected chi connectivity index (χ0v) is 17.0. The van der Waals surface area contributed by atoms with E-state index in [0.717, 1.165) is 18.2 Å². The van der Waals surface area contributed by atoms with E-state index in [1.165, 1.54) is 18.2 Å². The first-order valence-electron chi connectivity index (χ1n) is 8.80. The van der Waals surface area contributed by atoms with Gasteiger partial charge in [-0.25, -0.2) is 4.39 Å². The van der Waals surface area contributed by atoms with Crippen LogP contribution < -0.4 is 5.32 Å². The van der Waals surface area contributed by atoms with Gasteiger partial charge in [0.25, 0.3) is 17.3 Å². The topological polar surface area (TPSA) is 133 Å². The van der Waals surface area contributed by atoms with E-state index in [9.17, 15) is 29.4 Å². The number of hydrogen-bond donors (Lipinski definition) is 1. The van der Waals surface area contributed by atoms with Crippen LogP contribution in [0.3, 0.4) is 0 Å². The zero-order valence-electron chi connectivity index (χ0n) is 16.3. The maximum absolute atomic E-state index is 13.3. The predicted octanol–water partition coefficient (Wildman–Crippen LogP) is 4.41. The maximum Gasteiger partial charge on any atom is 0.277 e. The molecule has 0 aliphatic carbocycles. The number of aryl methyl sites for hydroxylation is 1. The van der Waals surface area contributed by atoms with E-state index in [0.29, 0.717) is 22.6 Å². The number of anilines is 1. The highest BCUT2D eigenvalue weighted by Crippen LogP contribution is 2.26. The number of nitro benzene ring substituents is 2. The molecule has 10 nitrogen and oxygen atoms in total. The summed E-state index contributed by atoms with van der Waals surface area (Å²) in [6.07, 6.45) is 0. The molecule has 3 aromatic rings. The zero-order chi connectivity index (χ0) is 22.9. The van der Waals surface area contributed by atoms with E-state index >= 15 is 0 Å². The molecular formula is C19H15ClFN5O5. The van der Waals surface area contributed by atoms with Crippen molar-refractivity contribution in [2.45, 2.75) is 20.4 Å². The highest BCUT2D eigenvalue weighted by Gasteiger charge is 2.22. The molecule has 12 heteroatoms. The van der Waals surface area contributed by atoms with Crippen LogP contribution >= 0.6 is 11.6 Å². The van der Waals surface area contributed by atoms with Crippen molar-refractivity contribution in [1.82, 2.24) is 9.78 Å². The number of aromatic nitrogens is 2. The Kier molecular flexibility index (Phi) is 5.97. The van der Waals surface area contributed by atoms with Gasteiger partial charge in [0.05, 0.1) is 45.1 Å². The van der Waals surface area contributed by atoms with Gasteiger partial charge < -0.3 is 5.32 Å². The van der Waals surface area contributed by atoms with Gasteiger partial charge in [-0.1, -0.05) is 17.7 Å². The normalized spacial score (nSPS) is 10.7. The summed E-state index contributed by atoms with van der Waals surface area (Å²) in [5, 5.41) is 29.3. The number of hydrogen-bond acceptors (Lipinski definition) is 6. The second-order valence-corrected chi connectivity index (χ2v) is 7.05. The van der Waals surface area contributed by atoms with Gasteiger partial charge in [-0.2, -0.15) is 5.10 Å². The van der Waals surface area contributed by atoms with E-state index in [1.807, 2.05) is 0 Å². The van der Waals surface area contributed by atoms with Crippen LogP contribution in [-0.2, 0) is 6.54 Å². The maximum atomic E-state index is 13.3. The Labute approximate surface area is 179 Å². The lowest BCUT2D eigenvalue weighted by molar-refractivity contribution is -0.394. The van der Waals surface area contributed by atoms with Gasteiger partial charge in [0.15, 0.2) is 0 Å². The lowest BCUT2D eigenvalue weighted by Crippen LogP contribution is -2.14. The van der Waals surface area contributed by atoms with Crippen LogP contribution in [0.5, 0.6) is 0 Å². The first kappa shape index (κ1) is 21.8. The van der Waals surface area contributed by atoms with Crippen LogP contribution in [0.25, 0.3) is 0 Å². The lowest BCUT2D eigenvalue weighted by atomic mass is 10.1. The smallest absolute Gasteiger partial charge is 0.277 e. The second kappa shape index (κ2) is 8.48. The number of nitrogens with zero attached hydrogens (tertiary/aromatic N) is 4. The Bertz CT molecular complexity index is 1190. The van der Waals surface area contributed by atoms with Crippen molar-refractivity contribution in [2.24, 2.45) is 0 Å². The summed E-state index contributed by atoms with van der Waals surface area (Å²) >= 11 is 6.06. The van der Waals surface area contributed by atoms with Crippen molar-refractivity contribution in [3.05, 3.63) is 90.0 Å². The molecule has 3 rings (SSSR count). The number of benzene rings is 2. The molecule has 0 aliphatic rings. The van der Waals surface area contributed by atoms with E-state index in [-0.39, 0.29) is 17.1 Å². The monoisotopic (exact) mass is 447 g/mol. The average molecular weight is 448 g/mol. The molecule has 0 bridgehead atoms. The van der Waals surface area contributed by atoms with Gasteiger partial charge in [-0.3, -0.25) is 29.7 Å². The quantitative estimate of drug-likeness (QED) is 0.439. The minimum Gasteiger partial charge on any atom is -0.319 e. The van der Waals surface area contributed by atoms with Crippen LogP contribution in [0.1, 0.15) is 27.3 Å². The molecule has 0 saturated carbocycles. The van der Waals surface area contributed by atoms with E-state index < -0.39 is 32.9 Å². The molecule has 0 atom stereocenters. The molecule has 0 saturated heterocycles. The number of rotatable bonds is 6. The van der Waals surface area contributed by atoms with Crippen LogP contribution in [0.15, 0.2) is 36.4 Å². The summed E-state index contributed by atoms with van der Waals surface area (Å²) in [5.41, 5.74) is 0.561. The van der Waals surface area contributed by atoms with Crippen molar-refractivity contribution in [2.75, 3.05) is 5.32 Å². The van der Waals surface area contributed by atoms with Gasteiger partial charge in [-0.15, -0.1) is 0 Å². The second-order valence-electron chi connectivity index (χ2n) is 6.65. The minimum absolute atomic E-state index is 0.212. The SMILES string of the molecule is Cc1nn(Cc2ccc(F)cc2Cl)c(C)c1NC(=O)c1cc([N+](=O)[O-])cc([N+](=O)[O-])c1. The molecule has 0 radical (unpaired) electrons. The van der Waals surface area contributed by atoms with Crippen LogP contribution in [0.4, 0.5) is 21.5 Å². The number of carbonyl (C=O) groups is 1. The van der Waals surface area contributed by atoms with Crippen molar-refractivity contribution in [1.29, 1.82) is 0 Å². The number of nitro groups is 2. The van der Waals surface area contributed by atoms with Gasteiger partial charge in [0, 0.05) is 17.2 Å². The molecule has 160 valence electrons. The third-order valence-corrected chi connectivity index (χ3v) is 4.89. The number of nitrogens with one attached hydrogen (secondary N) is 1. The number of carbonyl (C=O) groups excluding carboxylic acids is 1. The molecule has 1 aromatic heterocycles. The summed E-state index contributed by atoms with van der Waals surface area (Å²) in [7, 11) is 0. The average Bonchev–Trinajstić information content (AvgIpc) is 2.97. The van der Waals surface area contributed by atoms with E-state index in [2.05, 4.69) is 10.4 Å². The van der Waals surface area contributed by atoms with Crippen molar-refractivity contribution >= 4 is 34.6 Å². The Balaban J connectivity index is 1.90. The van der Waals surface area contributed by atoms with Gasteiger partial charge in [0.1, 0.15) is 5.82 Å². The molecule has 1 amide bonds. The van der Waals surface area contributed by atoms with Crippen molar-refractivity contribution in [3.63, 3.8) is 0 Å². The first-order chi connectivity index (χ1) is 14.6. The summed E-state index contributed by atoms with van der Waals surface area (Å²) in [6.45, 7) is 3.54. The molecule has 2 aromatic carbocycles. The number of halogens is 2. The molecule has 0 unspecified atom stereocenters. The summed E-state index contributed by atoms with van der Waals surface area (Å²) < 4.78 is 14.8. The lowest BCUT2D eigenvalue weighted by Gasteiger charge is -2.09. The van der Waals surface area contributed by atoms with E-state index in [1.54, 1.807) is 18.5 Å². The largest absolute Gasteiger partial charge is 0.319 e. The summed E-state index contributed by atoms with van der Waals surface area (Å²) in [5.74, 6) is -1.24. The number of amides is 1. The fraction of sp³-hybridized carbons (Fsp3) is 0.158. The van der Waals surface area contributed by atoms with Crippen LogP contribution in [-0.4, -0.2) is 25.5 Å². The van der Waals surface area contributed by atoms with Crippen LogP contribution in [0, 0.1) is 39.9 Å². The molecular weight excluding hydrogens is 433 g/mol. The Morgan fingerprint density at radius 3 is 2.29 bits per heavy atom. The van der Waals surface area contributed by atoms with Gasteiger partial charge >= 0.3 is 0 Å².